The average Bonchev–Trinajstić information content (AvgIpc) is 3.21. The molecule has 0 aliphatic carbocycles. The summed E-state index contributed by atoms with van der Waals surface area (Å²) in [5.41, 5.74) is 7.36. The molecule has 3 atom stereocenters. The maximum atomic E-state index is 13.6. The normalized spacial score (nSPS) is 16.2. The van der Waals surface area contributed by atoms with Crippen LogP contribution < -0.4 is 25.0 Å². The Morgan fingerprint density at radius 2 is 1.61 bits per heavy atom. The van der Waals surface area contributed by atoms with Crippen LogP contribution in [0.3, 0.4) is 0 Å². The van der Waals surface area contributed by atoms with Crippen LogP contribution in [0.25, 0.3) is 11.1 Å². The molecular formula is C43H37Cl3N4O6. The van der Waals surface area contributed by atoms with E-state index in [4.69, 9.17) is 42.7 Å². The molecule has 0 radical (unpaired) electrons. The smallest absolute Gasteiger partial charge is 0.328 e. The number of esters is 1. The highest BCUT2D eigenvalue weighted by Crippen LogP contribution is 2.41. The lowest BCUT2D eigenvalue weighted by Gasteiger charge is -2.35. The van der Waals surface area contributed by atoms with E-state index in [1.165, 1.54) is 7.11 Å². The number of benzene rings is 5. The van der Waals surface area contributed by atoms with E-state index >= 15 is 0 Å². The maximum absolute atomic E-state index is 13.6. The van der Waals surface area contributed by atoms with E-state index in [0.29, 0.717) is 57.9 Å². The van der Waals surface area contributed by atoms with E-state index in [9.17, 15) is 14.4 Å². The molecule has 0 aromatic heterocycles. The molecule has 0 saturated carbocycles. The Labute approximate surface area is 340 Å². The molecule has 2 amide bonds. The number of halogens is 3. The van der Waals surface area contributed by atoms with Crippen LogP contribution in [0.15, 0.2) is 103 Å². The van der Waals surface area contributed by atoms with Crippen LogP contribution in [-0.2, 0) is 45.1 Å². The molecule has 2 aliphatic rings. The molecule has 56 heavy (non-hydrogen) atoms. The van der Waals surface area contributed by atoms with Gasteiger partial charge >= 0.3 is 5.97 Å². The number of nitrogens with zero attached hydrogens (tertiary/aromatic N) is 2. The number of anilines is 1. The first kappa shape index (κ1) is 40.1. The van der Waals surface area contributed by atoms with Crippen LogP contribution >= 0.6 is 35.6 Å². The molecule has 7 rings (SSSR count). The molecule has 2 heterocycles. The van der Waals surface area contributed by atoms with Gasteiger partial charge in [0, 0.05) is 25.6 Å². The lowest BCUT2D eigenvalue weighted by molar-refractivity contribution is -0.145. The summed E-state index contributed by atoms with van der Waals surface area (Å²) < 4.78 is 17.2. The number of carbonyl (C=O) groups is 3. The SMILES string of the molecule is COC(=O)[C@H](Cc1ccc(-c2ccc(C#N)cc2)cc1)NC(=O)[C@@H]1Cc2cc3c(cc2CN1)OC(c1ccc(OCc2ccc(Cl)c(Cl)c2)cc1)C(=O)N3C.Cl. The highest BCUT2D eigenvalue weighted by atomic mass is 35.5. The Bertz CT molecular complexity index is 2300. The zero-order valence-electron chi connectivity index (χ0n) is 30.4. The summed E-state index contributed by atoms with van der Waals surface area (Å²) in [6.45, 7) is 0.687. The number of fused-ring (bicyclic) bond motifs is 2. The van der Waals surface area contributed by atoms with Crippen LogP contribution in [-0.4, -0.2) is 44.0 Å². The summed E-state index contributed by atoms with van der Waals surface area (Å²) in [4.78, 5) is 41.5. The quantitative estimate of drug-likeness (QED) is 0.139. The second kappa shape index (κ2) is 17.5. The number of hydrogen-bond donors (Lipinski definition) is 2. The van der Waals surface area contributed by atoms with Crippen molar-refractivity contribution in [2.45, 2.75) is 44.2 Å². The van der Waals surface area contributed by atoms with E-state index in [1.54, 1.807) is 48.3 Å². The number of nitriles is 1. The zero-order chi connectivity index (χ0) is 38.6. The minimum Gasteiger partial charge on any atom is -0.489 e. The fraction of sp³-hybridized carbons (Fsp3) is 0.209. The largest absolute Gasteiger partial charge is 0.489 e. The van der Waals surface area contributed by atoms with Gasteiger partial charge in [0.05, 0.1) is 40.5 Å². The summed E-state index contributed by atoms with van der Waals surface area (Å²) in [6, 6.07) is 31.9. The third kappa shape index (κ3) is 8.77. The minimum atomic E-state index is -0.901. The lowest BCUT2D eigenvalue weighted by atomic mass is 9.93. The molecule has 5 aromatic carbocycles. The molecule has 0 spiro atoms. The van der Waals surface area contributed by atoms with Gasteiger partial charge in [-0.1, -0.05) is 77.8 Å². The van der Waals surface area contributed by atoms with E-state index in [0.717, 1.165) is 33.4 Å². The van der Waals surface area contributed by atoms with Crippen LogP contribution in [0.2, 0.25) is 10.0 Å². The number of likely N-dealkylation sites (N-methyl/N-ethyl adjacent to an activating group) is 1. The minimum absolute atomic E-state index is 0. The summed E-state index contributed by atoms with van der Waals surface area (Å²) in [5, 5.41) is 16.2. The van der Waals surface area contributed by atoms with Crippen molar-refractivity contribution in [2.75, 3.05) is 19.1 Å². The van der Waals surface area contributed by atoms with Crippen LogP contribution in [0.4, 0.5) is 5.69 Å². The molecular weight excluding hydrogens is 775 g/mol. The fourth-order valence-corrected chi connectivity index (χ4v) is 7.03. The van der Waals surface area contributed by atoms with Gasteiger partial charge in [0.15, 0.2) is 0 Å². The molecule has 13 heteroatoms. The fourth-order valence-electron chi connectivity index (χ4n) is 6.71. The Balaban J connectivity index is 0.00000532. The van der Waals surface area contributed by atoms with Crippen LogP contribution in [0, 0.1) is 11.3 Å². The number of methoxy groups -OCH3 is 1. The predicted molar refractivity (Wildman–Crippen MR) is 216 cm³/mol. The van der Waals surface area contributed by atoms with Crippen molar-refractivity contribution in [3.63, 3.8) is 0 Å². The van der Waals surface area contributed by atoms with Gasteiger partial charge in [-0.2, -0.15) is 5.26 Å². The van der Waals surface area contributed by atoms with E-state index < -0.39 is 24.2 Å². The van der Waals surface area contributed by atoms with Crippen molar-refractivity contribution in [1.82, 2.24) is 10.6 Å². The molecule has 0 saturated heterocycles. The molecule has 0 bridgehead atoms. The molecule has 10 nitrogen and oxygen atoms in total. The number of nitrogens with one attached hydrogen (secondary N) is 2. The highest BCUT2D eigenvalue weighted by molar-refractivity contribution is 6.42. The summed E-state index contributed by atoms with van der Waals surface area (Å²) in [7, 11) is 3.00. The van der Waals surface area contributed by atoms with E-state index in [2.05, 4.69) is 16.7 Å². The van der Waals surface area contributed by atoms with Crippen LogP contribution in [0.5, 0.6) is 11.5 Å². The van der Waals surface area contributed by atoms with Gasteiger partial charge < -0.3 is 29.7 Å². The summed E-state index contributed by atoms with van der Waals surface area (Å²) >= 11 is 12.1. The first-order valence-corrected chi connectivity index (χ1v) is 18.3. The molecule has 2 aliphatic heterocycles. The number of carbonyl (C=O) groups excluding carboxylic acids is 3. The zero-order valence-corrected chi connectivity index (χ0v) is 32.7. The molecule has 2 N–H and O–H groups in total. The third-order valence-corrected chi connectivity index (χ3v) is 10.6. The van der Waals surface area contributed by atoms with E-state index in [1.807, 2.05) is 66.7 Å². The first-order valence-electron chi connectivity index (χ1n) is 17.6. The van der Waals surface area contributed by atoms with Gasteiger partial charge in [0.25, 0.3) is 5.91 Å². The molecule has 286 valence electrons. The van der Waals surface area contributed by atoms with E-state index in [-0.39, 0.29) is 30.6 Å². The Kier molecular flexibility index (Phi) is 12.5. The average molecular weight is 812 g/mol. The Morgan fingerprint density at radius 3 is 2.27 bits per heavy atom. The number of ether oxygens (including phenoxy) is 3. The van der Waals surface area contributed by atoms with Gasteiger partial charge in [-0.05, 0) is 88.3 Å². The maximum Gasteiger partial charge on any atom is 0.328 e. The Hall–Kier alpha value is -5.57. The number of hydrogen-bond acceptors (Lipinski definition) is 8. The first-order chi connectivity index (χ1) is 26.6. The van der Waals surface area contributed by atoms with Crippen molar-refractivity contribution < 1.29 is 28.6 Å². The monoisotopic (exact) mass is 810 g/mol. The number of amides is 2. The van der Waals surface area contributed by atoms with Crippen molar-refractivity contribution in [2.24, 2.45) is 0 Å². The molecule has 0 fully saturated rings. The van der Waals surface area contributed by atoms with Crippen molar-refractivity contribution in [3.05, 3.63) is 147 Å². The Morgan fingerprint density at radius 1 is 0.929 bits per heavy atom. The van der Waals surface area contributed by atoms with Crippen LogP contribution in [0.1, 0.15) is 39.5 Å². The predicted octanol–water partition coefficient (Wildman–Crippen LogP) is 7.54. The third-order valence-electron chi connectivity index (χ3n) is 9.84. The number of rotatable bonds is 10. The standard InChI is InChI=1S/C43H36Cl2N4O6.ClH/c1-49-38-20-31-19-36(41(50)48-37(43(52)53-2)18-25-3-8-28(9-4-25)29-10-5-26(22-46)6-11-29)47-23-32(31)21-39(38)55-40(42(49)51)30-12-14-33(15-13-30)54-24-27-7-16-34(44)35(45)17-27;/h3-17,20-21,36-37,40,47H,18-19,23-24H2,1-2H3,(H,48,50);1H/t36-,37-,40?;/m0./s1. The lowest BCUT2D eigenvalue weighted by Crippen LogP contribution is -2.53. The van der Waals surface area contributed by atoms with Crippen molar-refractivity contribution in [1.29, 1.82) is 5.26 Å². The van der Waals surface area contributed by atoms with Gasteiger partial charge in [0.1, 0.15) is 24.1 Å². The van der Waals surface area contributed by atoms with Gasteiger partial charge in [-0.3, -0.25) is 9.59 Å². The van der Waals surface area contributed by atoms with Crippen molar-refractivity contribution in [3.8, 4) is 28.7 Å². The van der Waals surface area contributed by atoms with Gasteiger partial charge in [-0.15, -0.1) is 12.4 Å². The van der Waals surface area contributed by atoms with Crippen molar-refractivity contribution >= 4 is 59.1 Å². The molecule has 5 aromatic rings. The second-order valence-electron chi connectivity index (χ2n) is 13.4. The second-order valence-corrected chi connectivity index (χ2v) is 14.2. The van der Waals surface area contributed by atoms with Gasteiger partial charge in [0.2, 0.25) is 12.0 Å². The van der Waals surface area contributed by atoms with Gasteiger partial charge in [-0.25, -0.2) is 4.79 Å². The summed E-state index contributed by atoms with van der Waals surface area (Å²) in [5.74, 6) is 0.0703. The topological polar surface area (TPSA) is 130 Å². The molecule has 1 unspecified atom stereocenters. The highest BCUT2D eigenvalue weighted by Gasteiger charge is 2.36. The summed E-state index contributed by atoms with van der Waals surface area (Å²) in [6.07, 6.45) is -0.267.